The maximum atomic E-state index is 2.54. The lowest BCUT2D eigenvalue weighted by Gasteiger charge is -2.28. The maximum Gasteiger partial charge on any atom is 0.0641 e. The Morgan fingerprint density at radius 2 is 0.980 bits per heavy atom. The van der Waals surface area contributed by atoms with E-state index in [9.17, 15) is 0 Å². The molecular weight excluding hydrogens is 637 g/mol. The summed E-state index contributed by atoms with van der Waals surface area (Å²) in [6, 6.07) is 66.7. The van der Waals surface area contributed by atoms with Crippen molar-refractivity contribution in [1.29, 1.82) is 0 Å². The van der Waals surface area contributed by atoms with Crippen molar-refractivity contribution in [2.75, 3.05) is 4.90 Å². The van der Waals surface area contributed by atoms with E-state index in [4.69, 9.17) is 0 Å². The second kappa shape index (κ2) is 11.0. The van der Waals surface area contributed by atoms with Crippen LogP contribution in [0.25, 0.3) is 80.5 Å². The van der Waals surface area contributed by atoms with E-state index in [1.165, 1.54) is 91.9 Å². The van der Waals surface area contributed by atoms with Gasteiger partial charge in [0.15, 0.2) is 0 Å². The summed E-state index contributed by atoms with van der Waals surface area (Å²) in [5, 5.41) is 7.67. The van der Waals surface area contributed by atoms with Crippen LogP contribution in [-0.2, 0) is 0 Å². The Hall–Kier alpha value is -6.42. The summed E-state index contributed by atoms with van der Waals surface area (Å²) in [7, 11) is 0. The van der Waals surface area contributed by atoms with Gasteiger partial charge in [-0.05, 0) is 70.8 Å². The van der Waals surface area contributed by atoms with Crippen LogP contribution in [0, 0.1) is 0 Å². The van der Waals surface area contributed by atoms with Crippen LogP contribution >= 0.6 is 11.3 Å². The van der Waals surface area contributed by atoms with Gasteiger partial charge in [-0.15, -0.1) is 11.3 Å². The van der Waals surface area contributed by atoms with Crippen LogP contribution in [0.15, 0.2) is 182 Å². The highest BCUT2D eigenvalue weighted by molar-refractivity contribution is 7.26. The number of fused-ring (bicyclic) bond motifs is 9. The molecule has 3 heteroatoms. The first-order valence-corrected chi connectivity index (χ1v) is 18.3. The molecule has 0 amide bonds. The Morgan fingerprint density at radius 3 is 1.71 bits per heavy atom. The highest BCUT2D eigenvalue weighted by Gasteiger charge is 2.26. The molecule has 0 bridgehead atoms. The first-order valence-electron chi connectivity index (χ1n) is 17.4. The van der Waals surface area contributed by atoms with Gasteiger partial charge in [0.05, 0.1) is 32.6 Å². The van der Waals surface area contributed by atoms with E-state index in [-0.39, 0.29) is 0 Å². The lowest BCUT2D eigenvalue weighted by atomic mass is 9.96. The van der Waals surface area contributed by atoms with Crippen molar-refractivity contribution in [3.63, 3.8) is 0 Å². The number of anilines is 3. The Bertz CT molecular complexity index is 3020. The average Bonchev–Trinajstić information content (AvgIpc) is 3.87. The second-order valence-electron chi connectivity index (χ2n) is 13.3. The van der Waals surface area contributed by atoms with E-state index in [1.807, 2.05) is 11.3 Å². The Balaban J connectivity index is 1.30. The molecule has 11 rings (SSSR count). The molecule has 0 saturated heterocycles. The maximum absolute atomic E-state index is 2.54. The highest BCUT2D eigenvalue weighted by atomic mass is 32.1. The van der Waals surface area contributed by atoms with Crippen LogP contribution < -0.4 is 4.90 Å². The van der Waals surface area contributed by atoms with Gasteiger partial charge in [-0.25, -0.2) is 0 Å². The lowest BCUT2D eigenvalue weighted by molar-refractivity contribution is 1.32. The SMILES string of the molecule is c1ccc(-c2cc(-c3ccccc3)cc(N(c3cccc4c3sc3ccccc34)c3ccc4c5ccccc5n5c6ccccc6c3c45)c2)cc1. The van der Waals surface area contributed by atoms with Crippen LogP contribution in [0.5, 0.6) is 0 Å². The summed E-state index contributed by atoms with van der Waals surface area (Å²) < 4.78 is 5.06. The fraction of sp³-hybridized carbons (Fsp3) is 0. The van der Waals surface area contributed by atoms with E-state index in [1.54, 1.807) is 0 Å². The minimum absolute atomic E-state index is 1.13. The summed E-state index contributed by atoms with van der Waals surface area (Å²) in [5.74, 6) is 0. The second-order valence-corrected chi connectivity index (χ2v) is 14.4. The van der Waals surface area contributed by atoms with E-state index in [0.717, 1.165) is 5.69 Å². The Labute approximate surface area is 299 Å². The molecule has 3 heterocycles. The lowest BCUT2D eigenvalue weighted by Crippen LogP contribution is -2.11. The van der Waals surface area contributed by atoms with Crippen LogP contribution in [0.1, 0.15) is 0 Å². The molecule has 3 aromatic heterocycles. The van der Waals surface area contributed by atoms with Gasteiger partial charge in [0.2, 0.25) is 0 Å². The van der Waals surface area contributed by atoms with Gasteiger partial charge in [-0.3, -0.25) is 0 Å². The zero-order chi connectivity index (χ0) is 33.5. The molecule has 11 aromatic rings. The number of hydrogen-bond acceptors (Lipinski definition) is 2. The molecule has 0 aliphatic heterocycles. The Morgan fingerprint density at radius 1 is 0.392 bits per heavy atom. The fourth-order valence-electron chi connectivity index (χ4n) is 8.28. The van der Waals surface area contributed by atoms with Gasteiger partial charge < -0.3 is 9.30 Å². The number of para-hydroxylation sites is 2. The van der Waals surface area contributed by atoms with Crippen LogP contribution in [0.3, 0.4) is 0 Å². The molecule has 2 nitrogen and oxygen atoms in total. The van der Waals surface area contributed by atoms with Crippen molar-refractivity contribution >= 4 is 86.7 Å². The molecule has 0 saturated carbocycles. The van der Waals surface area contributed by atoms with Crippen molar-refractivity contribution in [2.24, 2.45) is 0 Å². The van der Waals surface area contributed by atoms with E-state index in [0.29, 0.717) is 0 Å². The van der Waals surface area contributed by atoms with E-state index >= 15 is 0 Å². The van der Waals surface area contributed by atoms with Gasteiger partial charge in [-0.1, -0.05) is 133 Å². The van der Waals surface area contributed by atoms with Gasteiger partial charge in [-0.2, -0.15) is 0 Å². The zero-order valence-electron chi connectivity index (χ0n) is 27.6. The topological polar surface area (TPSA) is 7.65 Å². The fourth-order valence-corrected chi connectivity index (χ4v) is 9.49. The van der Waals surface area contributed by atoms with Crippen LogP contribution in [-0.4, -0.2) is 4.40 Å². The van der Waals surface area contributed by atoms with Gasteiger partial charge >= 0.3 is 0 Å². The third-order valence-corrected chi connectivity index (χ3v) is 11.7. The molecule has 238 valence electrons. The van der Waals surface area contributed by atoms with Crippen molar-refractivity contribution in [3.8, 4) is 22.3 Å². The van der Waals surface area contributed by atoms with Gasteiger partial charge in [0.25, 0.3) is 0 Å². The molecule has 0 spiro atoms. The Kier molecular flexibility index (Phi) is 6.16. The molecule has 0 unspecified atom stereocenters. The number of benzene rings is 8. The third kappa shape index (κ3) is 4.22. The summed E-state index contributed by atoms with van der Waals surface area (Å²) in [6.07, 6.45) is 0. The first kappa shape index (κ1) is 28.4. The van der Waals surface area contributed by atoms with Crippen LogP contribution in [0.4, 0.5) is 17.1 Å². The van der Waals surface area contributed by atoms with Crippen molar-refractivity contribution in [3.05, 3.63) is 182 Å². The number of hydrogen-bond donors (Lipinski definition) is 0. The molecule has 51 heavy (non-hydrogen) atoms. The normalized spacial score (nSPS) is 11.9. The third-order valence-electron chi connectivity index (χ3n) is 10.5. The van der Waals surface area contributed by atoms with Crippen LogP contribution in [0.2, 0.25) is 0 Å². The number of rotatable bonds is 5. The number of nitrogens with zero attached hydrogens (tertiary/aromatic N) is 2. The minimum Gasteiger partial charge on any atom is -0.308 e. The monoisotopic (exact) mass is 666 g/mol. The van der Waals surface area contributed by atoms with Crippen molar-refractivity contribution in [1.82, 2.24) is 4.40 Å². The summed E-state index contributed by atoms with van der Waals surface area (Å²) in [6.45, 7) is 0. The van der Waals surface area contributed by atoms with E-state index < -0.39 is 0 Å². The predicted octanol–water partition coefficient (Wildman–Crippen LogP) is 14.0. The molecule has 8 aromatic carbocycles. The minimum atomic E-state index is 1.13. The molecule has 0 aliphatic rings. The predicted molar refractivity (Wildman–Crippen MR) is 220 cm³/mol. The highest BCUT2D eigenvalue weighted by Crippen LogP contribution is 2.51. The molecule has 0 N–H and O–H groups in total. The molecular formula is C48H30N2S. The largest absolute Gasteiger partial charge is 0.308 e. The van der Waals surface area contributed by atoms with E-state index in [2.05, 4.69) is 191 Å². The van der Waals surface area contributed by atoms with Crippen molar-refractivity contribution < 1.29 is 0 Å². The summed E-state index contributed by atoms with van der Waals surface area (Å²) in [4.78, 5) is 2.54. The average molecular weight is 667 g/mol. The molecule has 0 radical (unpaired) electrons. The zero-order valence-corrected chi connectivity index (χ0v) is 28.4. The van der Waals surface area contributed by atoms with Gasteiger partial charge in [0, 0.05) is 42.7 Å². The number of aromatic nitrogens is 1. The molecule has 0 fully saturated rings. The quantitative estimate of drug-likeness (QED) is 0.177. The first-order chi connectivity index (χ1) is 25.3. The standard InChI is InChI=1S/C48H30N2S/c1-3-14-31(15-4-1)33-28-34(32-16-5-2-6-17-32)30-35(29-33)49(44-24-13-21-39-37-19-9-12-25-45(37)51-48(39)44)43-27-26-38-36-18-7-10-22-41(36)50-42-23-11-8-20-40(42)46(43)47(38)50/h1-30H. The van der Waals surface area contributed by atoms with Gasteiger partial charge in [0.1, 0.15) is 0 Å². The number of thiophene rings is 1. The van der Waals surface area contributed by atoms with Crippen molar-refractivity contribution in [2.45, 2.75) is 0 Å². The molecule has 0 aliphatic carbocycles. The molecule has 0 atom stereocenters. The smallest absolute Gasteiger partial charge is 0.0641 e. The summed E-state index contributed by atoms with van der Waals surface area (Å²) in [5.41, 5.74) is 12.0. The summed E-state index contributed by atoms with van der Waals surface area (Å²) >= 11 is 1.88.